The Labute approximate surface area is 186 Å². The van der Waals surface area contributed by atoms with Crippen LogP contribution in [0.5, 0.6) is 23.4 Å². The van der Waals surface area contributed by atoms with Crippen LogP contribution < -0.4 is 20.9 Å². The fraction of sp³-hybridized carbons (Fsp3) is 0.0476. The zero-order valence-corrected chi connectivity index (χ0v) is 17.1. The third-order valence-electron chi connectivity index (χ3n) is 4.25. The quantitative estimate of drug-likeness (QED) is 0.253. The average Bonchev–Trinajstić information content (AvgIpc) is 3.13. The Morgan fingerprint density at radius 2 is 1.97 bits per heavy atom. The molecule has 0 unspecified atom stereocenters. The van der Waals surface area contributed by atoms with E-state index in [0.29, 0.717) is 22.8 Å². The molecule has 6 N–H and O–H groups in total. The molecule has 12 nitrogen and oxygen atoms in total. The molecular weight excluding hydrogens is 428 g/mol. The second-order valence-electron chi connectivity index (χ2n) is 6.70. The van der Waals surface area contributed by atoms with Gasteiger partial charge in [0, 0.05) is 6.07 Å². The van der Waals surface area contributed by atoms with Crippen LogP contribution in [0, 0.1) is 18.3 Å². The minimum absolute atomic E-state index is 0.0337. The van der Waals surface area contributed by atoms with Gasteiger partial charge in [0.05, 0.1) is 17.3 Å². The van der Waals surface area contributed by atoms with E-state index in [1.807, 2.05) is 6.07 Å². The molecule has 2 aromatic heterocycles. The van der Waals surface area contributed by atoms with Crippen molar-refractivity contribution >= 4 is 28.8 Å². The van der Waals surface area contributed by atoms with Gasteiger partial charge in [-0.25, -0.2) is 14.8 Å². The summed E-state index contributed by atoms with van der Waals surface area (Å²) >= 11 is 0. The van der Waals surface area contributed by atoms with E-state index >= 15 is 0 Å². The first kappa shape index (κ1) is 21.1. The van der Waals surface area contributed by atoms with Crippen LogP contribution >= 0.6 is 0 Å². The number of nitrogens with two attached hydrogens (primary N) is 2. The van der Waals surface area contributed by atoms with Gasteiger partial charge in [-0.1, -0.05) is 6.07 Å². The highest BCUT2D eigenvalue weighted by Gasteiger charge is 2.19. The standard InChI is InChI=1S/C21H16N8O4/c1-10-25-16-17(26-10)28-21(32-13-4-2-3-12(8-13)27-20(23)24)29-18(16)33-15-7-11(9-22)5-6-14(15)19(30)31/h2-8H,1H3,(H,30,31)(H4,23,24,27)(H,25,26,28,29). The molecule has 0 bridgehead atoms. The summed E-state index contributed by atoms with van der Waals surface area (Å²) in [5.41, 5.74) is 11.9. The lowest BCUT2D eigenvalue weighted by Crippen LogP contribution is -2.21. The summed E-state index contributed by atoms with van der Waals surface area (Å²) in [7, 11) is 0. The number of aromatic amines is 1. The fourth-order valence-electron chi connectivity index (χ4n) is 2.92. The van der Waals surface area contributed by atoms with E-state index in [-0.39, 0.29) is 40.4 Å². The van der Waals surface area contributed by atoms with Gasteiger partial charge in [0.1, 0.15) is 28.4 Å². The number of carboxylic acids is 1. The molecule has 0 radical (unpaired) electrons. The van der Waals surface area contributed by atoms with E-state index in [1.165, 1.54) is 18.2 Å². The Hall–Kier alpha value is -5.18. The lowest BCUT2D eigenvalue weighted by Gasteiger charge is -2.10. The normalized spacial score (nSPS) is 10.4. The molecule has 33 heavy (non-hydrogen) atoms. The third kappa shape index (κ3) is 4.62. The Bertz CT molecular complexity index is 1450. The van der Waals surface area contributed by atoms with Crippen molar-refractivity contribution in [2.24, 2.45) is 16.5 Å². The second-order valence-corrected chi connectivity index (χ2v) is 6.70. The number of nitriles is 1. The number of H-pyrrole nitrogens is 1. The third-order valence-corrected chi connectivity index (χ3v) is 4.25. The highest BCUT2D eigenvalue weighted by molar-refractivity contribution is 5.91. The number of aliphatic imine (C=N–C) groups is 1. The maximum absolute atomic E-state index is 11.6. The highest BCUT2D eigenvalue weighted by atomic mass is 16.5. The SMILES string of the molecule is Cc1nc2nc(Oc3cccc(N=C(N)N)c3)nc(Oc3cc(C#N)ccc3C(=O)O)c2[nH]1. The van der Waals surface area contributed by atoms with Crippen LogP contribution in [0.4, 0.5) is 5.69 Å². The largest absolute Gasteiger partial charge is 0.478 e. The number of ether oxygens (including phenoxy) is 2. The van der Waals surface area contributed by atoms with Crippen LogP contribution in [0.2, 0.25) is 0 Å². The van der Waals surface area contributed by atoms with Crippen LogP contribution in [-0.2, 0) is 0 Å². The molecule has 0 aliphatic heterocycles. The van der Waals surface area contributed by atoms with Crippen LogP contribution in [0.15, 0.2) is 47.5 Å². The minimum Gasteiger partial charge on any atom is -0.478 e. The van der Waals surface area contributed by atoms with Gasteiger partial charge in [-0.3, -0.25) is 0 Å². The monoisotopic (exact) mass is 444 g/mol. The number of imidazole rings is 1. The van der Waals surface area contributed by atoms with Gasteiger partial charge in [-0.05, 0) is 37.3 Å². The topological polar surface area (TPSA) is 198 Å². The number of carbonyl (C=O) groups is 1. The molecule has 0 saturated heterocycles. The van der Waals surface area contributed by atoms with Crippen LogP contribution in [-0.4, -0.2) is 37.0 Å². The van der Waals surface area contributed by atoms with Gasteiger partial charge in [-0.15, -0.1) is 0 Å². The number of aromatic nitrogens is 4. The number of hydrogen-bond acceptors (Lipinski definition) is 8. The first-order valence-electron chi connectivity index (χ1n) is 9.39. The lowest BCUT2D eigenvalue weighted by atomic mass is 10.1. The maximum atomic E-state index is 11.6. The molecule has 0 fully saturated rings. The summed E-state index contributed by atoms with van der Waals surface area (Å²) in [4.78, 5) is 31.4. The molecule has 0 aliphatic rings. The molecular formula is C21H16N8O4. The zero-order chi connectivity index (χ0) is 23.5. The molecule has 164 valence electrons. The Morgan fingerprint density at radius 1 is 1.15 bits per heavy atom. The summed E-state index contributed by atoms with van der Waals surface area (Å²) in [5, 5.41) is 18.7. The van der Waals surface area contributed by atoms with E-state index in [9.17, 15) is 15.2 Å². The Morgan fingerprint density at radius 3 is 2.70 bits per heavy atom. The van der Waals surface area contributed by atoms with Crippen molar-refractivity contribution in [1.82, 2.24) is 19.9 Å². The predicted molar refractivity (Wildman–Crippen MR) is 117 cm³/mol. The van der Waals surface area contributed by atoms with Crippen LogP contribution in [0.25, 0.3) is 11.2 Å². The number of nitrogens with one attached hydrogen (secondary N) is 1. The number of benzene rings is 2. The number of nitrogens with zero attached hydrogens (tertiary/aromatic N) is 5. The average molecular weight is 444 g/mol. The summed E-state index contributed by atoms with van der Waals surface area (Å²) in [6, 6.07) is 12.4. The predicted octanol–water partition coefficient (Wildman–Crippen LogP) is 2.72. The second kappa shape index (κ2) is 8.52. The summed E-state index contributed by atoms with van der Waals surface area (Å²) in [5.74, 6) is -0.578. The number of rotatable bonds is 6. The van der Waals surface area contributed by atoms with Gasteiger partial charge in [0.2, 0.25) is 0 Å². The Balaban J connectivity index is 1.77. The van der Waals surface area contributed by atoms with Crippen molar-refractivity contribution < 1.29 is 19.4 Å². The van der Waals surface area contributed by atoms with Crippen molar-refractivity contribution in [3.05, 3.63) is 59.4 Å². The first-order valence-corrected chi connectivity index (χ1v) is 9.39. The number of aryl methyl sites for hydroxylation is 1. The summed E-state index contributed by atoms with van der Waals surface area (Å²) in [6.45, 7) is 1.71. The first-order chi connectivity index (χ1) is 15.8. The number of hydrogen-bond donors (Lipinski definition) is 4. The van der Waals surface area contributed by atoms with Crippen molar-refractivity contribution in [2.45, 2.75) is 6.92 Å². The van der Waals surface area contributed by atoms with Crippen molar-refractivity contribution in [1.29, 1.82) is 5.26 Å². The number of guanidine groups is 1. The molecule has 2 aromatic carbocycles. The van der Waals surface area contributed by atoms with E-state index in [0.717, 1.165) is 0 Å². The number of fused-ring (bicyclic) bond motifs is 1. The van der Waals surface area contributed by atoms with Gasteiger partial charge in [-0.2, -0.15) is 15.2 Å². The van der Waals surface area contributed by atoms with Crippen molar-refractivity contribution in [2.75, 3.05) is 0 Å². The molecule has 0 aliphatic carbocycles. The van der Waals surface area contributed by atoms with E-state index in [4.69, 9.17) is 20.9 Å². The molecule has 0 spiro atoms. The smallest absolute Gasteiger partial charge is 0.339 e. The van der Waals surface area contributed by atoms with Crippen molar-refractivity contribution in [3.8, 4) is 29.5 Å². The summed E-state index contributed by atoms with van der Waals surface area (Å²) < 4.78 is 11.5. The number of carboxylic acid groups (broad SMARTS) is 1. The maximum Gasteiger partial charge on any atom is 0.339 e. The molecule has 0 amide bonds. The van der Waals surface area contributed by atoms with Gasteiger partial charge in [0.25, 0.3) is 5.88 Å². The lowest BCUT2D eigenvalue weighted by molar-refractivity contribution is 0.0694. The number of aromatic carboxylic acids is 1. The molecule has 4 aromatic rings. The fourth-order valence-corrected chi connectivity index (χ4v) is 2.92. The summed E-state index contributed by atoms with van der Waals surface area (Å²) in [6.07, 6.45) is 0. The molecule has 2 heterocycles. The van der Waals surface area contributed by atoms with E-state index < -0.39 is 5.97 Å². The molecule has 0 atom stereocenters. The van der Waals surface area contributed by atoms with Crippen molar-refractivity contribution in [3.63, 3.8) is 0 Å². The zero-order valence-electron chi connectivity index (χ0n) is 17.1. The van der Waals surface area contributed by atoms with Crippen LogP contribution in [0.3, 0.4) is 0 Å². The van der Waals surface area contributed by atoms with E-state index in [2.05, 4.69) is 24.9 Å². The highest BCUT2D eigenvalue weighted by Crippen LogP contribution is 2.32. The van der Waals surface area contributed by atoms with Gasteiger partial charge in [0.15, 0.2) is 11.6 Å². The molecule has 12 heteroatoms. The van der Waals surface area contributed by atoms with Gasteiger partial charge < -0.3 is 31.0 Å². The minimum atomic E-state index is -1.23. The van der Waals surface area contributed by atoms with Gasteiger partial charge >= 0.3 is 12.0 Å². The van der Waals surface area contributed by atoms with Crippen LogP contribution in [0.1, 0.15) is 21.7 Å². The van der Waals surface area contributed by atoms with E-state index in [1.54, 1.807) is 31.2 Å². The molecule has 0 saturated carbocycles. The molecule has 4 rings (SSSR count). The Kier molecular flexibility index (Phi) is 5.44.